The lowest BCUT2D eigenvalue weighted by atomic mass is 10.2. The lowest BCUT2D eigenvalue weighted by Crippen LogP contribution is -2.25. The minimum Gasteiger partial charge on any atom is -0.350 e. The summed E-state index contributed by atoms with van der Waals surface area (Å²) in [5, 5.41) is 6.97. The Hall–Kier alpha value is -1.66. The second-order valence-electron chi connectivity index (χ2n) is 3.92. The maximum absolute atomic E-state index is 11.8. The maximum atomic E-state index is 11.8. The molecule has 18 heavy (non-hydrogen) atoms. The Labute approximate surface area is 110 Å². The van der Waals surface area contributed by atoms with E-state index in [0.29, 0.717) is 25.3 Å². The molecule has 2 aromatic heterocycles. The number of amides is 1. The maximum Gasteiger partial charge on any atom is 0.271 e. The zero-order valence-corrected chi connectivity index (χ0v) is 10.8. The van der Waals surface area contributed by atoms with Gasteiger partial charge in [0.15, 0.2) is 0 Å². The van der Waals surface area contributed by atoms with Crippen molar-refractivity contribution in [1.29, 1.82) is 0 Å². The smallest absolute Gasteiger partial charge is 0.271 e. The number of aromatic nitrogens is 2. The van der Waals surface area contributed by atoms with E-state index in [2.05, 4.69) is 21.7 Å². The summed E-state index contributed by atoms with van der Waals surface area (Å²) >= 11 is 1.66. The fourth-order valence-corrected chi connectivity index (χ4v) is 2.30. The van der Waals surface area contributed by atoms with Crippen molar-refractivity contribution in [3.8, 4) is 0 Å². The van der Waals surface area contributed by atoms with Gasteiger partial charge < -0.3 is 15.6 Å². The van der Waals surface area contributed by atoms with E-state index in [0.717, 1.165) is 6.42 Å². The number of carbonyl (C=O) groups is 1. The minimum absolute atomic E-state index is 0.138. The normalized spacial score (nSPS) is 10.5. The van der Waals surface area contributed by atoms with Crippen molar-refractivity contribution in [2.75, 3.05) is 13.1 Å². The first kappa shape index (κ1) is 12.8. The Bertz CT molecular complexity index is 492. The van der Waals surface area contributed by atoms with Crippen LogP contribution in [0.1, 0.15) is 16.1 Å². The summed E-state index contributed by atoms with van der Waals surface area (Å²) in [4.78, 5) is 15.8. The largest absolute Gasteiger partial charge is 0.350 e. The molecule has 0 unspecified atom stereocenters. The van der Waals surface area contributed by atoms with Crippen LogP contribution in [0.4, 0.5) is 0 Å². The molecule has 0 aliphatic heterocycles. The van der Waals surface area contributed by atoms with Crippen LogP contribution in [0.25, 0.3) is 0 Å². The highest BCUT2D eigenvalue weighted by atomic mass is 32.1. The summed E-state index contributed by atoms with van der Waals surface area (Å²) in [6.07, 6.45) is 4.19. The third kappa shape index (κ3) is 3.41. The lowest BCUT2D eigenvalue weighted by Gasteiger charge is -2.01. The summed E-state index contributed by atoms with van der Waals surface area (Å²) in [5.41, 5.74) is 7.12. The van der Waals surface area contributed by atoms with Crippen molar-refractivity contribution >= 4 is 17.2 Å². The molecule has 5 nitrogen and oxygen atoms in total. The van der Waals surface area contributed by atoms with Crippen LogP contribution in [0.3, 0.4) is 0 Å². The van der Waals surface area contributed by atoms with E-state index in [1.165, 1.54) is 5.56 Å². The fraction of sp³-hybridized carbons (Fsp3) is 0.333. The molecule has 96 valence electrons. The van der Waals surface area contributed by atoms with Crippen LogP contribution in [0.15, 0.2) is 29.4 Å². The summed E-state index contributed by atoms with van der Waals surface area (Å²) in [5.74, 6) is -0.138. The topological polar surface area (TPSA) is 72.9 Å². The van der Waals surface area contributed by atoms with Crippen LogP contribution in [-0.2, 0) is 13.0 Å². The van der Waals surface area contributed by atoms with Gasteiger partial charge in [-0.1, -0.05) is 0 Å². The van der Waals surface area contributed by atoms with E-state index in [-0.39, 0.29) is 5.91 Å². The van der Waals surface area contributed by atoms with Crippen LogP contribution in [0, 0.1) is 0 Å². The van der Waals surface area contributed by atoms with E-state index >= 15 is 0 Å². The molecule has 6 heteroatoms. The average molecular weight is 264 g/mol. The van der Waals surface area contributed by atoms with Crippen molar-refractivity contribution < 1.29 is 4.79 Å². The quantitative estimate of drug-likeness (QED) is 0.813. The number of nitrogens with zero attached hydrogens (tertiary/aromatic N) is 2. The molecule has 2 rings (SSSR count). The van der Waals surface area contributed by atoms with Crippen molar-refractivity contribution in [1.82, 2.24) is 14.9 Å². The Morgan fingerprint density at radius 3 is 3.17 bits per heavy atom. The predicted molar refractivity (Wildman–Crippen MR) is 71.6 cm³/mol. The number of nitrogens with two attached hydrogens (primary N) is 1. The van der Waals surface area contributed by atoms with E-state index in [1.54, 1.807) is 23.9 Å². The van der Waals surface area contributed by atoms with Gasteiger partial charge in [0.2, 0.25) is 0 Å². The van der Waals surface area contributed by atoms with Gasteiger partial charge in [0.25, 0.3) is 5.91 Å². The average Bonchev–Trinajstić information content (AvgIpc) is 3.00. The Morgan fingerprint density at radius 2 is 2.44 bits per heavy atom. The lowest BCUT2D eigenvalue weighted by molar-refractivity contribution is 0.0949. The SMILES string of the molecule is NCCn1cnc(C(=O)NCCc2ccsc2)c1. The molecule has 2 heterocycles. The molecular formula is C12H16N4OS. The van der Waals surface area contributed by atoms with Crippen LogP contribution < -0.4 is 11.1 Å². The first-order valence-corrected chi connectivity index (χ1v) is 6.75. The van der Waals surface area contributed by atoms with Gasteiger partial charge in [-0.2, -0.15) is 11.3 Å². The van der Waals surface area contributed by atoms with Crippen LogP contribution in [0.5, 0.6) is 0 Å². The van der Waals surface area contributed by atoms with Crippen LogP contribution >= 0.6 is 11.3 Å². The highest BCUT2D eigenvalue weighted by Gasteiger charge is 2.08. The first-order chi connectivity index (χ1) is 8.79. The molecule has 0 spiro atoms. The molecule has 0 bridgehead atoms. The van der Waals surface area contributed by atoms with Crippen LogP contribution in [0.2, 0.25) is 0 Å². The second-order valence-corrected chi connectivity index (χ2v) is 4.70. The molecule has 0 radical (unpaired) electrons. The van der Waals surface area contributed by atoms with Crippen molar-refractivity contribution in [3.05, 3.63) is 40.6 Å². The van der Waals surface area contributed by atoms with Gasteiger partial charge in [-0.3, -0.25) is 4.79 Å². The van der Waals surface area contributed by atoms with E-state index in [1.807, 2.05) is 9.95 Å². The van der Waals surface area contributed by atoms with Gasteiger partial charge in [0, 0.05) is 25.8 Å². The van der Waals surface area contributed by atoms with Gasteiger partial charge in [-0.05, 0) is 28.8 Å². The molecule has 0 saturated heterocycles. The van der Waals surface area contributed by atoms with E-state index in [9.17, 15) is 4.79 Å². The van der Waals surface area contributed by atoms with Crippen molar-refractivity contribution in [2.45, 2.75) is 13.0 Å². The van der Waals surface area contributed by atoms with Gasteiger partial charge in [0.1, 0.15) is 5.69 Å². The molecule has 3 N–H and O–H groups in total. The monoisotopic (exact) mass is 264 g/mol. The van der Waals surface area contributed by atoms with Crippen molar-refractivity contribution in [2.24, 2.45) is 5.73 Å². The molecule has 0 saturated carbocycles. The first-order valence-electron chi connectivity index (χ1n) is 5.80. The Kier molecular flexibility index (Phi) is 4.49. The Balaban J connectivity index is 1.80. The zero-order valence-electron chi connectivity index (χ0n) is 10.0. The van der Waals surface area contributed by atoms with Crippen molar-refractivity contribution in [3.63, 3.8) is 0 Å². The predicted octanol–water partition coefficient (Wildman–Crippen LogP) is 0.876. The number of rotatable bonds is 6. The summed E-state index contributed by atoms with van der Waals surface area (Å²) in [6, 6.07) is 2.06. The zero-order chi connectivity index (χ0) is 12.8. The highest BCUT2D eigenvalue weighted by Crippen LogP contribution is 2.05. The number of thiophene rings is 1. The van der Waals surface area contributed by atoms with Gasteiger partial charge in [-0.25, -0.2) is 4.98 Å². The Morgan fingerprint density at radius 1 is 1.56 bits per heavy atom. The number of carbonyl (C=O) groups excluding carboxylic acids is 1. The van der Waals surface area contributed by atoms with Gasteiger partial charge in [-0.15, -0.1) is 0 Å². The standard InChI is InChI=1S/C12H16N4OS/c13-3-5-16-7-11(15-9-16)12(17)14-4-1-10-2-6-18-8-10/h2,6-9H,1,3-5,13H2,(H,14,17). The third-order valence-electron chi connectivity index (χ3n) is 2.53. The second kappa shape index (κ2) is 6.32. The fourth-order valence-electron chi connectivity index (χ4n) is 1.59. The third-order valence-corrected chi connectivity index (χ3v) is 3.26. The molecule has 1 amide bonds. The minimum atomic E-state index is -0.138. The van der Waals surface area contributed by atoms with Gasteiger partial charge >= 0.3 is 0 Å². The summed E-state index contributed by atoms with van der Waals surface area (Å²) in [7, 11) is 0. The molecule has 0 fully saturated rings. The number of hydrogen-bond donors (Lipinski definition) is 2. The molecule has 0 aliphatic rings. The highest BCUT2D eigenvalue weighted by molar-refractivity contribution is 7.07. The number of imidazole rings is 1. The molecule has 0 aliphatic carbocycles. The molecule has 0 atom stereocenters. The summed E-state index contributed by atoms with van der Waals surface area (Å²) < 4.78 is 1.81. The van der Waals surface area contributed by atoms with Crippen LogP contribution in [-0.4, -0.2) is 28.5 Å². The molecular weight excluding hydrogens is 248 g/mol. The van der Waals surface area contributed by atoms with Gasteiger partial charge in [0.05, 0.1) is 6.33 Å². The number of nitrogens with one attached hydrogen (secondary N) is 1. The molecule has 0 aromatic carbocycles. The van der Waals surface area contributed by atoms with E-state index < -0.39 is 0 Å². The summed E-state index contributed by atoms with van der Waals surface area (Å²) in [6.45, 7) is 1.84. The molecule has 2 aromatic rings. The number of hydrogen-bond acceptors (Lipinski definition) is 4. The van der Waals surface area contributed by atoms with E-state index in [4.69, 9.17) is 5.73 Å².